The summed E-state index contributed by atoms with van der Waals surface area (Å²) in [6, 6.07) is 28.2. The first kappa shape index (κ1) is 21.9. The number of esters is 1. The molecule has 170 valence electrons. The summed E-state index contributed by atoms with van der Waals surface area (Å²) < 4.78 is 11.8. The maximum Gasteiger partial charge on any atom is 0.308 e. The van der Waals surface area contributed by atoms with Crippen LogP contribution in [-0.4, -0.2) is 11.0 Å². The summed E-state index contributed by atoms with van der Waals surface area (Å²) in [7, 11) is 0. The molecule has 0 N–H and O–H groups in total. The van der Waals surface area contributed by atoms with E-state index >= 15 is 0 Å². The van der Waals surface area contributed by atoms with E-state index in [1.807, 2.05) is 54.6 Å². The first-order valence-electron chi connectivity index (χ1n) is 11.8. The van der Waals surface area contributed by atoms with Crippen LogP contribution in [0.4, 0.5) is 0 Å². The summed E-state index contributed by atoms with van der Waals surface area (Å²) in [4.78, 5) is 16.4. The Morgan fingerprint density at radius 2 is 1.71 bits per heavy atom. The SMILES string of the molecule is CC(=O)Oc1cccc(CC2CCCC=C2c2nc(-c3ccccc3)c(-c3ccccc3)o2)c1. The van der Waals surface area contributed by atoms with Crippen LogP contribution in [0.5, 0.6) is 5.75 Å². The quantitative estimate of drug-likeness (QED) is 0.228. The van der Waals surface area contributed by atoms with E-state index in [1.165, 1.54) is 6.92 Å². The van der Waals surface area contributed by atoms with Crippen molar-refractivity contribution in [3.63, 3.8) is 0 Å². The highest BCUT2D eigenvalue weighted by atomic mass is 16.5. The third-order valence-electron chi connectivity index (χ3n) is 6.16. The maximum absolute atomic E-state index is 11.4. The Bertz CT molecular complexity index is 1250. The molecule has 0 spiro atoms. The summed E-state index contributed by atoms with van der Waals surface area (Å²) in [5.41, 5.74) is 5.21. The van der Waals surface area contributed by atoms with E-state index in [0.29, 0.717) is 11.6 Å². The van der Waals surface area contributed by atoms with Crippen LogP contribution in [0.2, 0.25) is 0 Å². The number of rotatable bonds is 6. The second kappa shape index (κ2) is 9.92. The van der Waals surface area contributed by atoms with Crippen LogP contribution in [0, 0.1) is 5.92 Å². The summed E-state index contributed by atoms with van der Waals surface area (Å²) in [5, 5.41) is 0. The molecule has 34 heavy (non-hydrogen) atoms. The second-order valence-corrected chi connectivity index (χ2v) is 8.66. The van der Waals surface area contributed by atoms with Crippen molar-refractivity contribution in [2.45, 2.75) is 32.6 Å². The van der Waals surface area contributed by atoms with Gasteiger partial charge in [-0.05, 0) is 49.3 Å². The largest absolute Gasteiger partial charge is 0.436 e. The molecule has 0 radical (unpaired) electrons. The van der Waals surface area contributed by atoms with Crippen molar-refractivity contribution in [3.05, 3.63) is 102 Å². The number of carbonyl (C=O) groups excluding carboxylic acids is 1. The molecule has 0 fully saturated rings. The average molecular weight is 450 g/mol. The Balaban J connectivity index is 1.50. The minimum atomic E-state index is -0.308. The summed E-state index contributed by atoms with van der Waals surface area (Å²) in [6.45, 7) is 1.42. The number of benzene rings is 3. The third-order valence-corrected chi connectivity index (χ3v) is 6.16. The van der Waals surface area contributed by atoms with Crippen LogP contribution >= 0.6 is 0 Å². The minimum Gasteiger partial charge on any atom is -0.436 e. The van der Waals surface area contributed by atoms with Gasteiger partial charge in [0, 0.05) is 23.6 Å². The van der Waals surface area contributed by atoms with Crippen molar-refractivity contribution >= 4 is 11.5 Å². The standard InChI is InChI=1S/C30H27NO3/c1-21(32)33-26-17-10-11-22(20-26)19-25-16-8-9-18-27(25)30-31-28(23-12-4-2-5-13-23)29(34-30)24-14-6-3-7-15-24/h2-7,10-15,17-18,20,25H,8-9,16,19H2,1H3. The zero-order valence-electron chi connectivity index (χ0n) is 19.2. The van der Waals surface area contributed by atoms with Crippen molar-refractivity contribution in [2.75, 3.05) is 0 Å². The Labute approximate surface area is 199 Å². The Kier molecular flexibility index (Phi) is 6.39. The Hall–Kier alpha value is -3.92. The van der Waals surface area contributed by atoms with E-state index in [1.54, 1.807) is 0 Å². The summed E-state index contributed by atoms with van der Waals surface area (Å²) in [6.07, 6.45) is 6.33. The number of hydrogen-bond acceptors (Lipinski definition) is 4. The van der Waals surface area contributed by atoms with Gasteiger partial charge in [-0.3, -0.25) is 4.79 Å². The van der Waals surface area contributed by atoms with Gasteiger partial charge in [-0.2, -0.15) is 0 Å². The molecule has 4 aromatic rings. The van der Waals surface area contributed by atoms with Crippen LogP contribution < -0.4 is 4.74 Å². The van der Waals surface area contributed by atoms with Crippen molar-refractivity contribution in [1.82, 2.24) is 4.98 Å². The summed E-state index contributed by atoms with van der Waals surface area (Å²) in [5.74, 6) is 2.05. The molecule has 0 aliphatic heterocycles. The molecular formula is C30H27NO3. The van der Waals surface area contributed by atoms with Gasteiger partial charge in [0.05, 0.1) is 0 Å². The molecule has 0 amide bonds. The number of allylic oxidation sites excluding steroid dienone is 2. The van der Waals surface area contributed by atoms with Gasteiger partial charge in [0.25, 0.3) is 0 Å². The van der Waals surface area contributed by atoms with Crippen LogP contribution in [0.3, 0.4) is 0 Å². The highest BCUT2D eigenvalue weighted by molar-refractivity contribution is 5.79. The highest BCUT2D eigenvalue weighted by Gasteiger charge is 2.26. The molecule has 1 aliphatic rings. The first-order chi connectivity index (χ1) is 16.7. The molecule has 1 heterocycles. The van der Waals surface area contributed by atoms with E-state index in [2.05, 4.69) is 36.4 Å². The number of nitrogens with zero attached hydrogens (tertiary/aromatic N) is 1. The Morgan fingerprint density at radius 3 is 2.44 bits per heavy atom. The van der Waals surface area contributed by atoms with Crippen LogP contribution in [0.15, 0.2) is 95.4 Å². The van der Waals surface area contributed by atoms with Crippen LogP contribution in [-0.2, 0) is 11.2 Å². The van der Waals surface area contributed by atoms with E-state index in [4.69, 9.17) is 14.1 Å². The van der Waals surface area contributed by atoms with E-state index in [-0.39, 0.29) is 11.9 Å². The number of carbonyl (C=O) groups is 1. The fourth-order valence-electron chi connectivity index (χ4n) is 4.62. The third kappa shape index (κ3) is 4.86. The smallest absolute Gasteiger partial charge is 0.308 e. The molecule has 5 rings (SSSR count). The van der Waals surface area contributed by atoms with Gasteiger partial charge in [0.2, 0.25) is 5.89 Å². The molecule has 1 atom stereocenters. The molecule has 0 saturated heterocycles. The van der Waals surface area contributed by atoms with E-state index in [9.17, 15) is 4.79 Å². The topological polar surface area (TPSA) is 52.3 Å². The molecule has 1 aliphatic carbocycles. The van der Waals surface area contributed by atoms with E-state index < -0.39 is 0 Å². The molecule has 4 nitrogen and oxygen atoms in total. The lowest BCUT2D eigenvalue weighted by atomic mass is 9.83. The lowest BCUT2D eigenvalue weighted by Crippen LogP contribution is -2.11. The van der Waals surface area contributed by atoms with Crippen molar-refractivity contribution in [1.29, 1.82) is 0 Å². The molecule has 4 heteroatoms. The van der Waals surface area contributed by atoms with Crippen LogP contribution in [0.1, 0.15) is 37.6 Å². The molecule has 1 aromatic heterocycles. The van der Waals surface area contributed by atoms with Gasteiger partial charge >= 0.3 is 5.97 Å². The first-order valence-corrected chi connectivity index (χ1v) is 11.8. The molecule has 0 bridgehead atoms. The number of ether oxygens (including phenoxy) is 1. The van der Waals surface area contributed by atoms with Gasteiger partial charge in [-0.15, -0.1) is 0 Å². The Morgan fingerprint density at radius 1 is 0.971 bits per heavy atom. The zero-order chi connectivity index (χ0) is 23.3. The van der Waals surface area contributed by atoms with Crippen molar-refractivity contribution in [2.24, 2.45) is 5.92 Å². The lowest BCUT2D eigenvalue weighted by molar-refractivity contribution is -0.131. The number of hydrogen-bond donors (Lipinski definition) is 0. The van der Waals surface area contributed by atoms with Gasteiger partial charge in [0.1, 0.15) is 11.4 Å². The molecular weight excluding hydrogens is 422 g/mol. The van der Waals surface area contributed by atoms with Gasteiger partial charge < -0.3 is 9.15 Å². The maximum atomic E-state index is 11.4. The fraction of sp³-hybridized carbons (Fsp3) is 0.200. The fourth-order valence-corrected chi connectivity index (χ4v) is 4.62. The number of oxazole rings is 1. The van der Waals surface area contributed by atoms with Crippen LogP contribution in [0.25, 0.3) is 28.2 Å². The second-order valence-electron chi connectivity index (χ2n) is 8.66. The zero-order valence-corrected chi connectivity index (χ0v) is 19.2. The molecule has 3 aromatic carbocycles. The highest BCUT2D eigenvalue weighted by Crippen LogP contribution is 2.40. The molecule has 0 saturated carbocycles. The van der Waals surface area contributed by atoms with Gasteiger partial charge in [-0.25, -0.2) is 4.98 Å². The lowest BCUT2D eigenvalue weighted by Gasteiger charge is -2.22. The number of aromatic nitrogens is 1. The average Bonchev–Trinajstić information content (AvgIpc) is 3.31. The monoisotopic (exact) mass is 449 g/mol. The predicted octanol–water partition coefficient (Wildman–Crippen LogP) is 7.36. The molecule has 1 unspecified atom stereocenters. The van der Waals surface area contributed by atoms with E-state index in [0.717, 1.165) is 59.4 Å². The van der Waals surface area contributed by atoms with Gasteiger partial charge in [0.15, 0.2) is 5.76 Å². The van der Waals surface area contributed by atoms with Crippen molar-refractivity contribution in [3.8, 4) is 28.3 Å². The predicted molar refractivity (Wildman–Crippen MR) is 134 cm³/mol. The van der Waals surface area contributed by atoms with Gasteiger partial charge in [-0.1, -0.05) is 78.9 Å². The minimum absolute atomic E-state index is 0.284. The summed E-state index contributed by atoms with van der Waals surface area (Å²) >= 11 is 0. The van der Waals surface area contributed by atoms with Crippen molar-refractivity contribution < 1.29 is 13.9 Å². The normalized spacial score (nSPS) is 15.6.